The molecule has 26 heavy (non-hydrogen) atoms. The number of hydrogen-bond acceptors (Lipinski definition) is 9. The highest BCUT2D eigenvalue weighted by Gasteiger charge is 2.17. The number of ketones is 1. The highest BCUT2D eigenvalue weighted by Crippen LogP contribution is 2.26. The summed E-state index contributed by atoms with van der Waals surface area (Å²) in [6.07, 6.45) is 1.29. The van der Waals surface area contributed by atoms with Crippen molar-refractivity contribution in [3.8, 4) is 11.5 Å². The molecule has 0 atom stereocenters. The zero-order chi connectivity index (χ0) is 19.1. The highest BCUT2D eigenvalue weighted by atomic mass is 32.2. The molecule has 2 N–H and O–H groups in total. The van der Waals surface area contributed by atoms with E-state index in [1.807, 2.05) is 0 Å². The van der Waals surface area contributed by atoms with Crippen molar-refractivity contribution in [1.82, 2.24) is 9.97 Å². The first kappa shape index (κ1) is 19.5. The molecule has 0 amide bonds. The van der Waals surface area contributed by atoms with Gasteiger partial charge in [0.25, 0.3) is 0 Å². The summed E-state index contributed by atoms with van der Waals surface area (Å²) < 4.78 is 15.2. The van der Waals surface area contributed by atoms with E-state index in [4.69, 9.17) is 19.9 Å². The summed E-state index contributed by atoms with van der Waals surface area (Å²) in [5, 5.41) is 0.283. The SMILES string of the molecule is CCOC(=O)c1cnc(SCC(=O)c2cc(OC)ccc2OC)nc1N. The summed E-state index contributed by atoms with van der Waals surface area (Å²) in [6, 6.07) is 4.99. The Bertz CT molecular complexity index is 813. The van der Waals surface area contributed by atoms with Crippen molar-refractivity contribution in [2.75, 3.05) is 32.3 Å². The quantitative estimate of drug-likeness (QED) is 0.320. The maximum Gasteiger partial charge on any atom is 0.343 e. The van der Waals surface area contributed by atoms with Crippen LogP contribution in [0.25, 0.3) is 0 Å². The van der Waals surface area contributed by atoms with Crippen LogP contribution in [0.1, 0.15) is 27.6 Å². The molecule has 9 heteroatoms. The van der Waals surface area contributed by atoms with Gasteiger partial charge in [0.05, 0.1) is 32.1 Å². The van der Waals surface area contributed by atoms with E-state index in [9.17, 15) is 9.59 Å². The highest BCUT2D eigenvalue weighted by molar-refractivity contribution is 7.99. The molecule has 0 aliphatic rings. The van der Waals surface area contributed by atoms with Crippen LogP contribution in [0, 0.1) is 0 Å². The van der Waals surface area contributed by atoms with Gasteiger partial charge in [-0.2, -0.15) is 0 Å². The number of Topliss-reactive ketones (excluding diaryl/α,β-unsaturated/α-hetero) is 1. The number of nitrogens with two attached hydrogens (primary N) is 1. The zero-order valence-corrected chi connectivity index (χ0v) is 15.5. The van der Waals surface area contributed by atoms with Gasteiger partial charge in [0.1, 0.15) is 22.9 Å². The molecule has 138 valence electrons. The van der Waals surface area contributed by atoms with Crippen molar-refractivity contribution in [3.05, 3.63) is 35.5 Å². The molecular formula is C17H19N3O5S. The molecule has 0 radical (unpaired) electrons. The molecule has 0 aliphatic heterocycles. The molecule has 0 saturated carbocycles. The lowest BCUT2D eigenvalue weighted by Gasteiger charge is -2.09. The second-order valence-electron chi connectivity index (χ2n) is 4.95. The third-order valence-electron chi connectivity index (χ3n) is 3.33. The molecular weight excluding hydrogens is 358 g/mol. The normalized spacial score (nSPS) is 10.3. The van der Waals surface area contributed by atoms with Crippen molar-refractivity contribution in [2.24, 2.45) is 0 Å². The van der Waals surface area contributed by atoms with Gasteiger partial charge in [-0.25, -0.2) is 14.8 Å². The standard InChI is InChI=1S/C17H19N3O5S/c1-4-25-16(22)12-8-19-17(20-15(12)18)26-9-13(21)11-7-10(23-2)5-6-14(11)24-3/h5-8H,4,9H2,1-3H3,(H2,18,19,20). The van der Waals surface area contributed by atoms with Crippen LogP contribution in [0.3, 0.4) is 0 Å². The topological polar surface area (TPSA) is 114 Å². The van der Waals surface area contributed by atoms with Gasteiger partial charge in [-0.1, -0.05) is 11.8 Å². The number of nitrogens with zero attached hydrogens (tertiary/aromatic N) is 2. The molecule has 1 heterocycles. The largest absolute Gasteiger partial charge is 0.497 e. The Morgan fingerprint density at radius 3 is 2.58 bits per heavy atom. The Morgan fingerprint density at radius 1 is 1.19 bits per heavy atom. The minimum atomic E-state index is -0.584. The molecule has 8 nitrogen and oxygen atoms in total. The molecule has 0 bridgehead atoms. The van der Waals surface area contributed by atoms with Crippen molar-refractivity contribution in [2.45, 2.75) is 12.1 Å². The maximum absolute atomic E-state index is 12.5. The third kappa shape index (κ3) is 4.63. The van der Waals surface area contributed by atoms with Crippen LogP contribution in [0.5, 0.6) is 11.5 Å². The summed E-state index contributed by atoms with van der Waals surface area (Å²) in [7, 11) is 3.01. The lowest BCUT2D eigenvalue weighted by Crippen LogP contribution is -2.11. The van der Waals surface area contributed by atoms with Crippen molar-refractivity contribution < 1.29 is 23.8 Å². The summed E-state index contributed by atoms with van der Waals surface area (Å²) in [5.74, 6) is 0.322. The monoisotopic (exact) mass is 377 g/mol. The fourth-order valence-electron chi connectivity index (χ4n) is 2.05. The second-order valence-corrected chi connectivity index (χ2v) is 5.89. The van der Waals surface area contributed by atoms with Crippen LogP contribution < -0.4 is 15.2 Å². The van der Waals surface area contributed by atoms with E-state index in [1.54, 1.807) is 25.1 Å². The molecule has 1 aromatic carbocycles. The molecule has 0 fully saturated rings. The Balaban J connectivity index is 2.10. The van der Waals surface area contributed by atoms with Crippen LogP contribution in [0.2, 0.25) is 0 Å². The van der Waals surface area contributed by atoms with Gasteiger partial charge < -0.3 is 19.9 Å². The smallest absolute Gasteiger partial charge is 0.343 e. The number of methoxy groups -OCH3 is 2. The molecule has 1 aromatic heterocycles. The van der Waals surface area contributed by atoms with Crippen LogP contribution in [-0.4, -0.2) is 48.3 Å². The maximum atomic E-state index is 12.5. The third-order valence-corrected chi connectivity index (χ3v) is 4.19. The molecule has 0 spiro atoms. The number of nitrogen functional groups attached to an aromatic ring is 1. The Hall–Kier alpha value is -2.81. The van der Waals surface area contributed by atoms with Crippen LogP contribution in [0.4, 0.5) is 5.82 Å². The van der Waals surface area contributed by atoms with Crippen LogP contribution >= 0.6 is 11.8 Å². The lowest BCUT2D eigenvalue weighted by atomic mass is 10.1. The average Bonchev–Trinajstić information content (AvgIpc) is 2.65. The molecule has 0 aliphatic carbocycles. The predicted molar refractivity (Wildman–Crippen MR) is 97.0 cm³/mol. The van der Waals surface area contributed by atoms with E-state index in [1.165, 1.54) is 20.4 Å². The number of hydrogen-bond donors (Lipinski definition) is 1. The number of carbonyl (C=O) groups excluding carboxylic acids is 2. The number of benzene rings is 1. The van der Waals surface area contributed by atoms with Gasteiger partial charge in [-0.3, -0.25) is 4.79 Å². The first-order valence-corrected chi connectivity index (χ1v) is 8.66. The van der Waals surface area contributed by atoms with E-state index in [2.05, 4.69) is 9.97 Å². The number of thioether (sulfide) groups is 1. The summed E-state index contributed by atoms with van der Waals surface area (Å²) in [5.41, 5.74) is 6.26. The number of carbonyl (C=O) groups is 2. The van der Waals surface area contributed by atoms with Gasteiger partial charge in [0.15, 0.2) is 10.9 Å². The molecule has 0 unspecified atom stereocenters. The van der Waals surface area contributed by atoms with Gasteiger partial charge >= 0.3 is 5.97 Å². The Kier molecular flexibility index (Phi) is 6.79. The van der Waals surface area contributed by atoms with Gasteiger partial charge in [0.2, 0.25) is 0 Å². The van der Waals surface area contributed by atoms with Gasteiger partial charge in [0, 0.05) is 6.20 Å². The number of ether oxygens (including phenoxy) is 3. The fraction of sp³-hybridized carbons (Fsp3) is 0.294. The number of rotatable bonds is 8. The number of aromatic nitrogens is 2. The lowest BCUT2D eigenvalue weighted by molar-refractivity contribution is 0.0526. The van der Waals surface area contributed by atoms with Crippen LogP contribution in [-0.2, 0) is 4.74 Å². The summed E-state index contributed by atoms with van der Waals surface area (Å²) in [4.78, 5) is 32.3. The molecule has 0 saturated heterocycles. The van der Waals surface area contributed by atoms with Crippen LogP contribution in [0.15, 0.2) is 29.6 Å². The van der Waals surface area contributed by atoms with E-state index in [0.29, 0.717) is 17.1 Å². The minimum absolute atomic E-state index is 0.00681. The average molecular weight is 377 g/mol. The number of anilines is 1. The van der Waals surface area contributed by atoms with Crippen molar-refractivity contribution in [3.63, 3.8) is 0 Å². The van der Waals surface area contributed by atoms with Crippen molar-refractivity contribution in [1.29, 1.82) is 0 Å². The summed E-state index contributed by atoms with van der Waals surface area (Å²) in [6.45, 7) is 1.92. The predicted octanol–water partition coefficient (Wildman–Crippen LogP) is 2.23. The van der Waals surface area contributed by atoms with Gasteiger partial charge in [-0.15, -0.1) is 0 Å². The summed E-state index contributed by atoms with van der Waals surface area (Å²) >= 11 is 1.10. The van der Waals surface area contributed by atoms with E-state index < -0.39 is 5.97 Å². The van der Waals surface area contributed by atoms with E-state index in [-0.39, 0.29) is 34.7 Å². The van der Waals surface area contributed by atoms with Crippen molar-refractivity contribution >= 4 is 29.3 Å². The Morgan fingerprint density at radius 2 is 1.96 bits per heavy atom. The van der Waals surface area contributed by atoms with Gasteiger partial charge in [-0.05, 0) is 25.1 Å². The number of esters is 1. The minimum Gasteiger partial charge on any atom is -0.497 e. The second kappa shape index (κ2) is 9.04. The van der Waals surface area contributed by atoms with E-state index in [0.717, 1.165) is 11.8 Å². The van der Waals surface area contributed by atoms with E-state index >= 15 is 0 Å². The fourth-order valence-corrected chi connectivity index (χ4v) is 2.76. The molecule has 2 rings (SSSR count). The zero-order valence-electron chi connectivity index (χ0n) is 14.6. The first-order chi connectivity index (χ1) is 12.5. The first-order valence-electron chi connectivity index (χ1n) is 7.67. The molecule has 2 aromatic rings. The Labute approximate surface area is 155 Å².